The lowest BCUT2D eigenvalue weighted by atomic mass is 10.0. The van der Waals surface area contributed by atoms with Crippen LogP contribution >= 0.6 is 0 Å². The van der Waals surface area contributed by atoms with Gasteiger partial charge < -0.3 is 19.5 Å². The van der Waals surface area contributed by atoms with Crippen molar-refractivity contribution in [3.63, 3.8) is 0 Å². The molecule has 23 heavy (non-hydrogen) atoms. The highest BCUT2D eigenvalue weighted by atomic mass is 32.2. The third-order valence-corrected chi connectivity index (χ3v) is 5.77. The maximum atomic E-state index is 12.6. The Balaban J connectivity index is 2.33. The Morgan fingerprint density at radius 3 is 2.26 bits per heavy atom. The summed E-state index contributed by atoms with van der Waals surface area (Å²) < 4.78 is 39.0. The Morgan fingerprint density at radius 1 is 1.13 bits per heavy atom. The molecule has 8 heteroatoms. The van der Waals surface area contributed by atoms with Gasteiger partial charge in [-0.25, -0.2) is 8.42 Å². The van der Waals surface area contributed by atoms with E-state index in [0.29, 0.717) is 17.9 Å². The van der Waals surface area contributed by atoms with Crippen LogP contribution in [0.1, 0.15) is 23.7 Å². The first-order valence-corrected chi connectivity index (χ1v) is 8.89. The molecule has 0 bridgehead atoms. The van der Waals surface area contributed by atoms with Gasteiger partial charge in [-0.15, -0.1) is 0 Å². The normalized spacial score (nSPS) is 22.4. The molecule has 0 aromatic heterocycles. The average Bonchev–Trinajstić information content (AvgIpc) is 2.78. The minimum Gasteiger partial charge on any atom is -0.493 e. The van der Waals surface area contributed by atoms with Gasteiger partial charge in [0.05, 0.1) is 43.9 Å². The van der Waals surface area contributed by atoms with Crippen LogP contribution in [0.2, 0.25) is 0 Å². The predicted molar refractivity (Wildman–Crippen MR) is 85.2 cm³/mol. The van der Waals surface area contributed by atoms with Crippen molar-refractivity contribution in [2.75, 3.05) is 32.8 Å². The molecule has 1 N–H and O–H groups in total. The largest absolute Gasteiger partial charge is 0.493 e. The van der Waals surface area contributed by atoms with Gasteiger partial charge in [0, 0.05) is 0 Å². The highest BCUT2D eigenvalue weighted by Crippen LogP contribution is 2.40. The minimum absolute atomic E-state index is 0.0681. The van der Waals surface area contributed by atoms with E-state index in [-0.39, 0.29) is 22.8 Å². The first-order valence-electron chi connectivity index (χ1n) is 7.07. The number of nitrogens with one attached hydrogen (secondary N) is 1. The summed E-state index contributed by atoms with van der Waals surface area (Å²) in [5, 5.41) is 2.80. The van der Waals surface area contributed by atoms with Gasteiger partial charge in [0.1, 0.15) is 0 Å². The molecule has 1 atom stereocenters. The quantitative estimate of drug-likeness (QED) is 0.858. The van der Waals surface area contributed by atoms with Crippen molar-refractivity contribution < 1.29 is 27.4 Å². The molecule has 0 spiro atoms. The SMILES string of the molecule is COc1ccc(C(=O)N[C@@]2(C)CCS(=O)(=O)C2)c(OC)c1OC. The molecule has 0 radical (unpaired) electrons. The van der Waals surface area contributed by atoms with E-state index < -0.39 is 21.3 Å². The van der Waals surface area contributed by atoms with Crippen molar-refractivity contribution in [3.8, 4) is 17.2 Å². The molecule has 1 aromatic carbocycles. The maximum absolute atomic E-state index is 12.6. The topological polar surface area (TPSA) is 90.9 Å². The number of hydrogen-bond donors (Lipinski definition) is 1. The Kier molecular flexibility index (Phi) is 4.74. The van der Waals surface area contributed by atoms with Gasteiger partial charge in [0.2, 0.25) is 5.75 Å². The molecule has 128 valence electrons. The highest BCUT2D eigenvalue weighted by Gasteiger charge is 2.40. The summed E-state index contributed by atoms with van der Waals surface area (Å²) in [4.78, 5) is 12.6. The van der Waals surface area contributed by atoms with Crippen LogP contribution in [0.5, 0.6) is 17.2 Å². The lowest BCUT2D eigenvalue weighted by Crippen LogP contribution is -2.47. The molecule has 1 saturated heterocycles. The van der Waals surface area contributed by atoms with Crippen LogP contribution in [-0.2, 0) is 9.84 Å². The fourth-order valence-electron chi connectivity index (χ4n) is 2.73. The second kappa shape index (κ2) is 6.27. The van der Waals surface area contributed by atoms with Gasteiger partial charge in [0.15, 0.2) is 21.3 Å². The highest BCUT2D eigenvalue weighted by molar-refractivity contribution is 7.91. The molecule has 0 saturated carbocycles. The van der Waals surface area contributed by atoms with Gasteiger partial charge in [0.25, 0.3) is 5.91 Å². The molecular formula is C15H21NO6S. The van der Waals surface area contributed by atoms with E-state index in [1.54, 1.807) is 19.1 Å². The first-order chi connectivity index (χ1) is 10.7. The maximum Gasteiger partial charge on any atom is 0.255 e. The molecule has 1 aromatic rings. The minimum atomic E-state index is -3.11. The summed E-state index contributed by atoms with van der Waals surface area (Å²) in [5.41, 5.74) is -0.524. The first kappa shape index (κ1) is 17.4. The number of carbonyl (C=O) groups is 1. The molecule has 1 amide bonds. The molecule has 0 unspecified atom stereocenters. The fraction of sp³-hybridized carbons (Fsp3) is 0.533. The molecule has 2 rings (SSSR count). The van der Waals surface area contributed by atoms with Crippen LogP contribution in [0, 0.1) is 0 Å². The van der Waals surface area contributed by atoms with Crippen molar-refractivity contribution in [3.05, 3.63) is 17.7 Å². The number of hydrogen-bond acceptors (Lipinski definition) is 6. The van der Waals surface area contributed by atoms with E-state index in [4.69, 9.17) is 14.2 Å². The van der Waals surface area contributed by atoms with E-state index in [1.165, 1.54) is 21.3 Å². The van der Waals surface area contributed by atoms with E-state index in [2.05, 4.69) is 5.32 Å². The molecular weight excluding hydrogens is 322 g/mol. The van der Waals surface area contributed by atoms with Gasteiger partial charge in [-0.1, -0.05) is 0 Å². The molecule has 7 nitrogen and oxygen atoms in total. The van der Waals surface area contributed by atoms with Crippen LogP contribution in [-0.4, -0.2) is 52.7 Å². The van der Waals surface area contributed by atoms with Crippen LogP contribution in [0.3, 0.4) is 0 Å². The number of carbonyl (C=O) groups excluding carboxylic acids is 1. The molecule has 1 heterocycles. The number of rotatable bonds is 5. The van der Waals surface area contributed by atoms with Crippen LogP contribution < -0.4 is 19.5 Å². The summed E-state index contributed by atoms with van der Waals surface area (Å²) >= 11 is 0. The number of ether oxygens (including phenoxy) is 3. The van der Waals surface area contributed by atoms with Gasteiger partial charge in [-0.3, -0.25) is 4.79 Å². The smallest absolute Gasteiger partial charge is 0.255 e. The zero-order valence-corrected chi connectivity index (χ0v) is 14.5. The van der Waals surface area contributed by atoms with Crippen molar-refractivity contribution in [1.82, 2.24) is 5.32 Å². The zero-order chi connectivity index (χ0) is 17.3. The summed E-state index contributed by atoms with van der Waals surface area (Å²) in [6, 6.07) is 3.16. The van der Waals surface area contributed by atoms with Gasteiger partial charge >= 0.3 is 0 Å². The van der Waals surface area contributed by atoms with Gasteiger partial charge in [-0.2, -0.15) is 0 Å². The Hall–Kier alpha value is -1.96. The number of benzene rings is 1. The van der Waals surface area contributed by atoms with Crippen molar-refractivity contribution >= 4 is 15.7 Å². The monoisotopic (exact) mass is 343 g/mol. The fourth-order valence-corrected chi connectivity index (χ4v) is 4.82. The number of amides is 1. The van der Waals surface area contributed by atoms with E-state index in [0.717, 1.165) is 0 Å². The van der Waals surface area contributed by atoms with Crippen molar-refractivity contribution in [1.29, 1.82) is 0 Å². The third kappa shape index (κ3) is 3.52. The second-order valence-electron chi connectivity index (χ2n) is 5.74. The zero-order valence-electron chi connectivity index (χ0n) is 13.6. The van der Waals surface area contributed by atoms with E-state index in [9.17, 15) is 13.2 Å². The van der Waals surface area contributed by atoms with Crippen LogP contribution in [0.25, 0.3) is 0 Å². The lowest BCUT2D eigenvalue weighted by molar-refractivity contribution is 0.0911. The Labute approximate surface area is 135 Å². The average molecular weight is 343 g/mol. The Bertz CT molecular complexity index is 715. The van der Waals surface area contributed by atoms with E-state index >= 15 is 0 Å². The molecule has 1 aliphatic heterocycles. The third-order valence-electron chi connectivity index (χ3n) is 3.87. The second-order valence-corrected chi connectivity index (χ2v) is 7.92. The molecule has 0 aliphatic carbocycles. The summed E-state index contributed by atoms with van der Waals surface area (Å²) in [5.74, 6) is 0.590. The predicted octanol–water partition coefficient (Wildman–Crippen LogP) is 1.02. The summed E-state index contributed by atoms with van der Waals surface area (Å²) in [7, 11) is 1.25. The Morgan fingerprint density at radius 2 is 1.78 bits per heavy atom. The van der Waals surface area contributed by atoms with Crippen molar-refractivity contribution in [2.24, 2.45) is 0 Å². The number of methoxy groups -OCH3 is 3. The lowest BCUT2D eigenvalue weighted by Gasteiger charge is -2.25. The molecule has 1 aliphatic rings. The summed E-state index contributed by atoms with van der Waals surface area (Å²) in [6.07, 6.45) is 0.386. The van der Waals surface area contributed by atoms with Crippen LogP contribution in [0.15, 0.2) is 12.1 Å². The van der Waals surface area contributed by atoms with Crippen molar-refractivity contribution in [2.45, 2.75) is 18.9 Å². The van der Waals surface area contributed by atoms with Crippen LogP contribution in [0.4, 0.5) is 0 Å². The summed E-state index contributed by atoms with van der Waals surface area (Å²) in [6.45, 7) is 1.72. The van der Waals surface area contributed by atoms with Gasteiger partial charge in [-0.05, 0) is 25.5 Å². The molecule has 1 fully saturated rings. The standard InChI is InChI=1S/C15H21NO6S/c1-15(7-8-23(18,19)9-15)16-14(17)10-5-6-11(20-2)13(22-4)12(10)21-3/h5-6H,7-9H2,1-4H3,(H,16,17)/t15-/m0/s1. The number of sulfone groups is 1. The van der Waals surface area contributed by atoms with E-state index in [1.807, 2.05) is 0 Å².